The van der Waals surface area contributed by atoms with Crippen LogP contribution in [0.15, 0.2) is 25.3 Å². The summed E-state index contributed by atoms with van der Waals surface area (Å²) in [5, 5.41) is 10.6. The summed E-state index contributed by atoms with van der Waals surface area (Å²) < 4.78 is 0. The Kier molecular flexibility index (Phi) is 12.8. The van der Waals surface area contributed by atoms with Crippen LogP contribution in [0.1, 0.15) is 32.6 Å². The van der Waals surface area contributed by atoms with E-state index in [2.05, 4.69) is 13.2 Å². The Morgan fingerprint density at radius 2 is 1.88 bits per heavy atom. The van der Waals surface area contributed by atoms with Crippen LogP contribution in [0.3, 0.4) is 0 Å². The molecule has 0 saturated heterocycles. The van der Waals surface area contributed by atoms with E-state index in [0.717, 1.165) is 32.2 Å². The number of halogens is 1. The standard InChI is InChI=1S/C13H23NO2.ClH/c1-4-7-12(8-5-2)9-6-10-14-11(3)13(15)16;/h4-5,11-12,14H,1-2,6-10H2,3H3,(H,15,16);1H. The van der Waals surface area contributed by atoms with Crippen molar-refractivity contribution in [2.24, 2.45) is 5.92 Å². The molecule has 0 aromatic rings. The third-order valence-electron chi connectivity index (χ3n) is 2.73. The summed E-state index contributed by atoms with van der Waals surface area (Å²) in [4.78, 5) is 10.6. The molecule has 0 rings (SSSR count). The van der Waals surface area contributed by atoms with Gasteiger partial charge in [0.15, 0.2) is 6.04 Å². The van der Waals surface area contributed by atoms with Crippen molar-refractivity contribution in [3.63, 3.8) is 0 Å². The smallest absolute Gasteiger partial charge is 0.362 e. The van der Waals surface area contributed by atoms with E-state index < -0.39 is 5.97 Å². The summed E-state index contributed by atoms with van der Waals surface area (Å²) in [6, 6.07) is -0.336. The van der Waals surface area contributed by atoms with E-state index in [0.29, 0.717) is 5.92 Å². The van der Waals surface area contributed by atoms with Gasteiger partial charge in [-0.05, 0) is 38.5 Å². The van der Waals surface area contributed by atoms with Gasteiger partial charge in [-0.1, -0.05) is 12.2 Å². The van der Waals surface area contributed by atoms with E-state index in [4.69, 9.17) is 5.11 Å². The first-order chi connectivity index (χ1) is 7.61. The number of quaternary nitrogens is 1. The number of rotatable bonds is 10. The maximum Gasteiger partial charge on any atom is 0.362 e. The van der Waals surface area contributed by atoms with Crippen molar-refractivity contribution in [2.75, 3.05) is 6.54 Å². The third-order valence-corrected chi connectivity index (χ3v) is 2.73. The number of carboxylic acids is 1. The number of hydrogen-bond acceptors (Lipinski definition) is 1. The van der Waals surface area contributed by atoms with E-state index in [-0.39, 0.29) is 18.4 Å². The Labute approximate surface area is 110 Å². The number of allylic oxidation sites excluding steroid dienone is 2. The molecule has 0 aromatic carbocycles. The van der Waals surface area contributed by atoms with Crippen molar-refractivity contribution >= 4 is 5.97 Å². The summed E-state index contributed by atoms with van der Waals surface area (Å²) in [6.07, 6.45) is 8.07. The molecule has 4 heteroatoms. The quantitative estimate of drug-likeness (QED) is 0.375. The van der Waals surface area contributed by atoms with Crippen molar-refractivity contribution in [3.8, 4) is 0 Å². The Hall–Kier alpha value is -0.800. The van der Waals surface area contributed by atoms with Crippen molar-refractivity contribution in [1.29, 1.82) is 0 Å². The van der Waals surface area contributed by atoms with Gasteiger partial charge in [0.1, 0.15) is 0 Å². The van der Waals surface area contributed by atoms with Gasteiger partial charge in [0, 0.05) is 0 Å². The zero-order chi connectivity index (χ0) is 12.4. The van der Waals surface area contributed by atoms with E-state index in [1.165, 1.54) is 0 Å². The van der Waals surface area contributed by atoms with Crippen molar-refractivity contribution in [2.45, 2.75) is 38.6 Å². The van der Waals surface area contributed by atoms with Crippen LogP contribution in [0.25, 0.3) is 0 Å². The van der Waals surface area contributed by atoms with Gasteiger partial charge < -0.3 is 22.8 Å². The monoisotopic (exact) mass is 261 g/mol. The molecule has 0 radical (unpaired) electrons. The Bertz CT molecular complexity index is 221. The van der Waals surface area contributed by atoms with Gasteiger partial charge in [0.05, 0.1) is 6.54 Å². The minimum absolute atomic E-state index is 0. The minimum Gasteiger partial charge on any atom is -1.00 e. The number of aliphatic carboxylic acids is 1. The second kappa shape index (κ2) is 11.7. The van der Waals surface area contributed by atoms with Crippen LogP contribution in [-0.2, 0) is 4.79 Å². The van der Waals surface area contributed by atoms with E-state index >= 15 is 0 Å². The number of carbonyl (C=O) groups is 1. The molecule has 17 heavy (non-hydrogen) atoms. The van der Waals surface area contributed by atoms with Crippen molar-refractivity contribution in [3.05, 3.63) is 25.3 Å². The van der Waals surface area contributed by atoms with E-state index in [1.54, 1.807) is 6.92 Å². The molecule has 0 aromatic heterocycles. The maximum absolute atomic E-state index is 10.6. The highest BCUT2D eigenvalue weighted by molar-refractivity contribution is 5.70. The Morgan fingerprint density at radius 1 is 1.35 bits per heavy atom. The normalized spacial score (nSPS) is 11.6. The zero-order valence-electron chi connectivity index (χ0n) is 10.6. The summed E-state index contributed by atoms with van der Waals surface area (Å²) in [6.45, 7) is 10.1. The number of carboxylic acid groups (broad SMARTS) is 1. The Morgan fingerprint density at radius 3 is 2.29 bits per heavy atom. The predicted molar refractivity (Wildman–Crippen MR) is 66.2 cm³/mol. The zero-order valence-corrected chi connectivity index (χ0v) is 11.3. The SMILES string of the molecule is C=CCC(CC=C)CCC[NH2+]C(C)C(=O)O.[Cl-]. The highest BCUT2D eigenvalue weighted by Crippen LogP contribution is 2.15. The highest BCUT2D eigenvalue weighted by atomic mass is 35.5. The molecule has 0 aliphatic rings. The summed E-state index contributed by atoms with van der Waals surface area (Å²) in [7, 11) is 0. The lowest BCUT2D eigenvalue weighted by Gasteiger charge is -2.12. The number of hydrogen-bond donors (Lipinski definition) is 2. The lowest BCUT2D eigenvalue weighted by atomic mass is 9.96. The average molecular weight is 262 g/mol. The molecule has 0 amide bonds. The van der Waals surface area contributed by atoms with Crippen LogP contribution < -0.4 is 17.7 Å². The number of nitrogens with two attached hydrogens (primary N) is 1. The van der Waals surface area contributed by atoms with E-state index in [9.17, 15) is 4.79 Å². The van der Waals surface area contributed by atoms with Crippen LogP contribution >= 0.6 is 0 Å². The van der Waals surface area contributed by atoms with Gasteiger partial charge in [-0.3, -0.25) is 0 Å². The maximum atomic E-state index is 10.6. The molecule has 1 unspecified atom stereocenters. The first-order valence-electron chi connectivity index (χ1n) is 5.89. The van der Waals surface area contributed by atoms with Crippen LogP contribution in [0.5, 0.6) is 0 Å². The predicted octanol–water partition coefficient (Wildman–Crippen LogP) is -1.42. The molecule has 100 valence electrons. The first kappa shape index (κ1) is 18.6. The summed E-state index contributed by atoms with van der Waals surface area (Å²) in [5.41, 5.74) is 0. The minimum atomic E-state index is -0.742. The van der Waals surface area contributed by atoms with Crippen molar-refractivity contribution in [1.82, 2.24) is 0 Å². The second-order valence-corrected chi connectivity index (χ2v) is 4.21. The first-order valence-corrected chi connectivity index (χ1v) is 5.89. The molecule has 0 bridgehead atoms. The molecule has 3 nitrogen and oxygen atoms in total. The van der Waals surface area contributed by atoms with Crippen molar-refractivity contribution < 1.29 is 27.6 Å². The van der Waals surface area contributed by atoms with Crippen LogP contribution in [-0.4, -0.2) is 23.7 Å². The molecule has 0 aliphatic carbocycles. The fourth-order valence-corrected chi connectivity index (χ4v) is 1.68. The molecule has 1 atom stereocenters. The summed E-state index contributed by atoms with van der Waals surface area (Å²) in [5.74, 6) is -0.128. The molecule has 0 spiro atoms. The fourth-order valence-electron chi connectivity index (χ4n) is 1.68. The summed E-state index contributed by atoms with van der Waals surface area (Å²) >= 11 is 0. The molecule has 0 saturated carbocycles. The van der Waals surface area contributed by atoms with Crippen LogP contribution in [0, 0.1) is 5.92 Å². The molecule has 3 N–H and O–H groups in total. The van der Waals surface area contributed by atoms with Gasteiger partial charge >= 0.3 is 5.97 Å². The Balaban J connectivity index is 0. The lowest BCUT2D eigenvalue weighted by Crippen LogP contribution is -3.00. The van der Waals surface area contributed by atoms with E-state index in [1.807, 2.05) is 17.5 Å². The van der Waals surface area contributed by atoms with Gasteiger partial charge in [0.2, 0.25) is 0 Å². The molecular weight excluding hydrogens is 238 g/mol. The molecular formula is C13H24ClNO2. The van der Waals surface area contributed by atoms with Gasteiger partial charge in [0.25, 0.3) is 0 Å². The lowest BCUT2D eigenvalue weighted by molar-refractivity contribution is -0.675. The second-order valence-electron chi connectivity index (χ2n) is 4.21. The fraction of sp³-hybridized carbons (Fsp3) is 0.615. The molecule has 0 aliphatic heterocycles. The van der Waals surface area contributed by atoms with Gasteiger partial charge in [-0.25, -0.2) is 4.79 Å². The van der Waals surface area contributed by atoms with Gasteiger partial charge in [-0.15, -0.1) is 13.2 Å². The average Bonchev–Trinajstić information content (AvgIpc) is 2.24. The van der Waals surface area contributed by atoms with Gasteiger partial charge in [-0.2, -0.15) is 0 Å². The highest BCUT2D eigenvalue weighted by Gasteiger charge is 2.13. The largest absolute Gasteiger partial charge is 1.00 e. The topological polar surface area (TPSA) is 53.9 Å². The molecule has 0 fully saturated rings. The van der Waals surface area contributed by atoms with Crippen LogP contribution in [0.2, 0.25) is 0 Å². The molecule has 0 heterocycles. The van der Waals surface area contributed by atoms with Crippen LogP contribution in [0.4, 0.5) is 0 Å². The third kappa shape index (κ3) is 10.1.